The van der Waals surface area contributed by atoms with Gasteiger partial charge in [-0.3, -0.25) is 4.79 Å². The summed E-state index contributed by atoms with van der Waals surface area (Å²) in [7, 11) is 0. The predicted octanol–water partition coefficient (Wildman–Crippen LogP) is 2.83. The number of halogens is 1. The number of carbonyl (C=O) groups is 1. The highest BCUT2D eigenvalue weighted by Crippen LogP contribution is 2.32. The van der Waals surface area contributed by atoms with Crippen molar-refractivity contribution in [3.8, 4) is 0 Å². The molecule has 1 atom stereocenters. The Morgan fingerprint density at radius 3 is 3.00 bits per heavy atom. The molecule has 0 amide bonds. The lowest BCUT2D eigenvalue weighted by Crippen LogP contribution is -2.16. The molecule has 14 heavy (non-hydrogen) atoms. The van der Waals surface area contributed by atoms with Crippen molar-refractivity contribution in [2.75, 3.05) is 0 Å². The summed E-state index contributed by atoms with van der Waals surface area (Å²) in [5, 5.41) is 0. The lowest BCUT2D eigenvalue weighted by Gasteiger charge is -2.23. The van der Waals surface area contributed by atoms with Crippen LogP contribution in [0.3, 0.4) is 0 Å². The SMILES string of the molecule is CC(=O)C1CCCc2cc(F)ccc21. The Bertz CT molecular complexity index is 371. The minimum atomic E-state index is -0.201. The standard InChI is InChI=1S/C12H13FO/c1-8(14)11-4-2-3-9-7-10(13)5-6-12(9)11/h5-7,11H,2-4H2,1H3. The number of carbonyl (C=O) groups excluding carboxylic acids is 1. The van der Waals surface area contributed by atoms with E-state index < -0.39 is 0 Å². The van der Waals surface area contributed by atoms with Gasteiger partial charge in [0.1, 0.15) is 11.6 Å². The first-order chi connectivity index (χ1) is 6.68. The first-order valence-corrected chi connectivity index (χ1v) is 4.97. The molecule has 1 aliphatic carbocycles. The molecular weight excluding hydrogens is 179 g/mol. The number of hydrogen-bond acceptors (Lipinski definition) is 1. The largest absolute Gasteiger partial charge is 0.299 e. The molecule has 0 spiro atoms. The molecule has 1 aliphatic rings. The van der Waals surface area contributed by atoms with Crippen molar-refractivity contribution >= 4 is 5.78 Å². The summed E-state index contributed by atoms with van der Waals surface area (Å²) in [6.45, 7) is 1.61. The summed E-state index contributed by atoms with van der Waals surface area (Å²) in [5.74, 6) is -0.00939. The van der Waals surface area contributed by atoms with E-state index >= 15 is 0 Å². The van der Waals surface area contributed by atoms with Gasteiger partial charge in [0.15, 0.2) is 0 Å². The van der Waals surface area contributed by atoms with Gasteiger partial charge in [0, 0.05) is 5.92 Å². The molecular formula is C12H13FO. The first-order valence-electron chi connectivity index (χ1n) is 4.97. The van der Waals surface area contributed by atoms with Crippen molar-refractivity contribution in [3.05, 3.63) is 35.1 Å². The lowest BCUT2D eigenvalue weighted by molar-refractivity contribution is -0.118. The zero-order valence-electron chi connectivity index (χ0n) is 8.22. The minimum absolute atomic E-state index is 0.000602. The van der Waals surface area contributed by atoms with Gasteiger partial charge in [-0.05, 0) is 49.4 Å². The summed E-state index contributed by atoms with van der Waals surface area (Å²) < 4.78 is 12.9. The Hall–Kier alpha value is -1.18. The van der Waals surface area contributed by atoms with Crippen LogP contribution in [0.2, 0.25) is 0 Å². The molecule has 1 aromatic rings. The Labute approximate surface area is 82.9 Å². The summed E-state index contributed by atoms with van der Waals surface area (Å²) >= 11 is 0. The van der Waals surface area contributed by atoms with Gasteiger partial charge in [-0.15, -0.1) is 0 Å². The average molecular weight is 192 g/mol. The molecule has 1 unspecified atom stereocenters. The number of aryl methyl sites for hydroxylation is 1. The molecule has 0 saturated carbocycles. The molecule has 74 valence electrons. The third-order valence-corrected chi connectivity index (χ3v) is 2.91. The van der Waals surface area contributed by atoms with Crippen LogP contribution in [-0.2, 0) is 11.2 Å². The molecule has 0 aromatic heterocycles. The van der Waals surface area contributed by atoms with Crippen LogP contribution >= 0.6 is 0 Å². The van der Waals surface area contributed by atoms with E-state index in [-0.39, 0.29) is 17.5 Å². The topological polar surface area (TPSA) is 17.1 Å². The molecule has 1 aromatic carbocycles. The van der Waals surface area contributed by atoms with E-state index in [1.165, 1.54) is 6.07 Å². The van der Waals surface area contributed by atoms with E-state index in [0.29, 0.717) is 0 Å². The van der Waals surface area contributed by atoms with Crippen LogP contribution in [-0.4, -0.2) is 5.78 Å². The zero-order chi connectivity index (χ0) is 10.1. The van der Waals surface area contributed by atoms with Gasteiger partial charge in [-0.25, -0.2) is 4.39 Å². The third kappa shape index (κ3) is 1.57. The molecule has 1 nitrogen and oxygen atoms in total. The van der Waals surface area contributed by atoms with Gasteiger partial charge in [0.2, 0.25) is 0 Å². The van der Waals surface area contributed by atoms with Crippen LogP contribution in [0.1, 0.15) is 36.8 Å². The number of rotatable bonds is 1. The van der Waals surface area contributed by atoms with Gasteiger partial charge in [-0.2, -0.15) is 0 Å². The van der Waals surface area contributed by atoms with E-state index in [9.17, 15) is 9.18 Å². The normalized spacial score (nSPS) is 20.3. The van der Waals surface area contributed by atoms with Crippen molar-refractivity contribution in [2.45, 2.75) is 32.1 Å². The predicted molar refractivity (Wildman–Crippen MR) is 52.8 cm³/mol. The van der Waals surface area contributed by atoms with E-state index in [0.717, 1.165) is 30.4 Å². The van der Waals surface area contributed by atoms with Crippen LogP contribution in [0.5, 0.6) is 0 Å². The van der Waals surface area contributed by atoms with Crippen molar-refractivity contribution in [3.63, 3.8) is 0 Å². The van der Waals surface area contributed by atoms with Crippen LogP contribution in [0.25, 0.3) is 0 Å². The molecule has 0 heterocycles. The number of hydrogen-bond donors (Lipinski definition) is 0. The second-order valence-corrected chi connectivity index (χ2v) is 3.90. The van der Waals surface area contributed by atoms with Crippen molar-refractivity contribution in [2.24, 2.45) is 0 Å². The second-order valence-electron chi connectivity index (χ2n) is 3.90. The van der Waals surface area contributed by atoms with E-state index in [4.69, 9.17) is 0 Å². The monoisotopic (exact) mass is 192 g/mol. The van der Waals surface area contributed by atoms with Gasteiger partial charge in [0.25, 0.3) is 0 Å². The van der Waals surface area contributed by atoms with Gasteiger partial charge < -0.3 is 0 Å². The van der Waals surface area contributed by atoms with E-state index in [2.05, 4.69) is 0 Å². The third-order valence-electron chi connectivity index (χ3n) is 2.91. The van der Waals surface area contributed by atoms with Crippen LogP contribution in [0.4, 0.5) is 4.39 Å². The highest BCUT2D eigenvalue weighted by Gasteiger charge is 2.23. The minimum Gasteiger partial charge on any atom is -0.299 e. The maximum atomic E-state index is 12.9. The summed E-state index contributed by atoms with van der Waals surface area (Å²) in [6, 6.07) is 4.76. The number of Topliss-reactive ketones (excluding diaryl/α,β-unsaturated/α-hetero) is 1. The Kier molecular flexibility index (Phi) is 2.36. The highest BCUT2D eigenvalue weighted by molar-refractivity contribution is 5.84. The summed E-state index contributed by atoms with van der Waals surface area (Å²) in [6.07, 6.45) is 2.80. The second kappa shape index (κ2) is 3.52. The molecule has 0 radical (unpaired) electrons. The van der Waals surface area contributed by atoms with E-state index in [1.54, 1.807) is 19.1 Å². The maximum absolute atomic E-state index is 12.9. The Morgan fingerprint density at radius 1 is 1.50 bits per heavy atom. The molecule has 0 bridgehead atoms. The van der Waals surface area contributed by atoms with Crippen molar-refractivity contribution in [1.82, 2.24) is 0 Å². The molecule has 0 N–H and O–H groups in total. The van der Waals surface area contributed by atoms with Gasteiger partial charge in [0.05, 0.1) is 0 Å². The van der Waals surface area contributed by atoms with E-state index in [1.807, 2.05) is 0 Å². The Balaban J connectivity index is 2.44. The smallest absolute Gasteiger partial charge is 0.137 e. The number of ketones is 1. The molecule has 2 heteroatoms. The van der Waals surface area contributed by atoms with Crippen LogP contribution in [0.15, 0.2) is 18.2 Å². The van der Waals surface area contributed by atoms with Crippen LogP contribution < -0.4 is 0 Å². The average Bonchev–Trinajstić information content (AvgIpc) is 2.16. The zero-order valence-corrected chi connectivity index (χ0v) is 8.22. The van der Waals surface area contributed by atoms with Crippen molar-refractivity contribution < 1.29 is 9.18 Å². The fourth-order valence-corrected chi connectivity index (χ4v) is 2.21. The van der Waals surface area contributed by atoms with Crippen LogP contribution in [0, 0.1) is 5.82 Å². The molecule has 0 fully saturated rings. The highest BCUT2D eigenvalue weighted by atomic mass is 19.1. The first kappa shape index (κ1) is 9.38. The lowest BCUT2D eigenvalue weighted by atomic mass is 9.81. The fraction of sp³-hybridized carbons (Fsp3) is 0.417. The fourth-order valence-electron chi connectivity index (χ4n) is 2.21. The molecule has 2 rings (SSSR count). The molecule has 0 aliphatic heterocycles. The van der Waals surface area contributed by atoms with Gasteiger partial charge >= 0.3 is 0 Å². The quantitative estimate of drug-likeness (QED) is 0.668. The summed E-state index contributed by atoms with van der Waals surface area (Å²) in [4.78, 5) is 11.4. The number of fused-ring (bicyclic) bond motifs is 1. The molecule has 0 saturated heterocycles. The van der Waals surface area contributed by atoms with Crippen molar-refractivity contribution in [1.29, 1.82) is 0 Å². The summed E-state index contributed by atoms with van der Waals surface area (Å²) in [5.41, 5.74) is 2.04. The Morgan fingerprint density at radius 2 is 2.29 bits per heavy atom. The number of benzene rings is 1. The maximum Gasteiger partial charge on any atom is 0.137 e. The van der Waals surface area contributed by atoms with Gasteiger partial charge in [-0.1, -0.05) is 6.07 Å².